The fourth-order valence-electron chi connectivity index (χ4n) is 5.55. The van der Waals surface area contributed by atoms with Crippen molar-refractivity contribution in [3.8, 4) is 0 Å². The number of ether oxygens (including phenoxy) is 1. The quantitative estimate of drug-likeness (QED) is 0.724. The van der Waals surface area contributed by atoms with E-state index in [-0.39, 0.29) is 17.5 Å². The predicted molar refractivity (Wildman–Crippen MR) is 116 cm³/mol. The van der Waals surface area contributed by atoms with Crippen LogP contribution in [0.4, 0.5) is 13.2 Å². The van der Waals surface area contributed by atoms with Gasteiger partial charge in [-0.05, 0) is 55.4 Å². The molecule has 2 fully saturated rings. The fraction of sp³-hybridized carbons (Fsp3) is 0.520. The van der Waals surface area contributed by atoms with Crippen LogP contribution in [0, 0.1) is 5.41 Å². The third kappa shape index (κ3) is 4.26. The maximum Gasteiger partial charge on any atom is 0.422 e. The zero-order valence-electron chi connectivity index (χ0n) is 18.0. The summed E-state index contributed by atoms with van der Waals surface area (Å²) in [5, 5.41) is 3.52. The van der Waals surface area contributed by atoms with E-state index in [1.807, 2.05) is 11.0 Å². The van der Waals surface area contributed by atoms with Crippen molar-refractivity contribution >= 4 is 0 Å². The standard InChI is InChI=1S/C25H31F3N2O/c1-31-24(25(26,27)28,21-10-6-3-7-11-21)19-30-16-13-23(14-17-30)12-15-29-18-22(23)20-8-4-2-5-9-20/h2-11,22,29H,12-19H2,1H3/t22?,24-/m0/s1. The number of halogens is 3. The number of alkyl halides is 3. The summed E-state index contributed by atoms with van der Waals surface area (Å²) in [7, 11) is 1.17. The number of methoxy groups -OCH3 is 1. The molecule has 2 aliphatic heterocycles. The van der Waals surface area contributed by atoms with Gasteiger partial charge in [0.15, 0.2) is 0 Å². The number of hydrogen-bond donors (Lipinski definition) is 1. The second-order valence-electron chi connectivity index (χ2n) is 8.95. The first-order chi connectivity index (χ1) is 14.9. The van der Waals surface area contributed by atoms with Crippen LogP contribution in [-0.4, -0.2) is 50.9 Å². The van der Waals surface area contributed by atoms with E-state index in [2.05, 4.69) is 29.6 Å². The topological polar surface area (TPSA) is 24.5 Å². The molecule has 31 heavy (non-hydrogen) atoms. The summed E-state index contributed by atoms with van der Waals surface area (Å²) in [6.45, 7) is 3.02. The highest BCUT2D eigenvalue weighted by atomic mass is 19.4. The number of piperidine rings is 2. The van der Waals surface area contributed by atoms with Crippen LogP contribution in [0.5, 0.6) is 0 Å². The summed E-state index contributed by atoms with van der Waals surface area (Å²) in [4.78, 5) is 1.94. The molecule has 6 heteroatoms. The van der Waals surface area contributed by atoms with E-state index in [1.54, 1.807) is 18.2 Å². The van der Waals surface area contributed by atoms with E-state index in [1.165, 1.54) is 24.8 Å². The number of rotatable bonds is 5. The van der Waals surface area contributed by atoms with Gasteiger partial charge in [0.2, 0.25) is 5.60 Å². The molecule has 168 valence electrons. The first kappa shape index (κ1) is 22.3. The van der Waals surface area contributed by atoms with Crippen LogP contribution in [0.2, 0.25) is 0 Å². The molecule has 3 nitrogen and oxygen atoms in total. The maximum absolute atomic E-state index is 14.3. The minimum Gasteiger partial charge on any atom is -0.363 e. The molecule has 2 saturated heterocycles. The molecule has 4 rings (SSSR count). The van der Waals surface area contributed by atoms with E-state index in [0.29, 0.717) is 19.0 Å². The Labute approximate surface area is 182 Å². The number of nitrogens with one attached hydrogen (secondary N) is 1. The SMILES string of the molecule is CO[C@@](CN1CCC2(CCNCC2c2ccccc2)CC1)(c1ccccc1)C(F)(F)F. The third-order valence-electron chi connectivity index (χ3n) is 7.43. The van der Waals surface area contributed by atoms with E-state index in [4.69, 9.17) is 4.74 Å². The van der Waals surface area contributed by atoms with Gasteiger partial charge in [0.05, 0.1) is 0 Å². The van der Waals surface area contributed by atoms with Crippen LogP contribution in [-0.2, 0) is 10.3 Å². The molecular weight excluding hydrogens is 401 g/mol. The second kappa shape index (κ2) is 8.93. The van der Waals surface area contributed by atoms with Crippen molar-refractivity contribution in [1.82, 2.24) is 10.2 Å². The summed E-state index contributed by atoms with van der Waals surface area (Å²) >= 11 is 0. The molecule has 0 amide bonds. The van der Waals surface area contributed by atoms with Crippen molar-refractivity contribution < 1.29 is 17.9 Å². The smallest absolute Gasteiger partial charge is 0.363 e. The predicted octanol–water partition coefficient (Wildman–Crippen LogP) is 4.95. The highest BCUT2D eigenvalue weighted by Crippen LogP contribution is 2.49. The molecule has 0 aromatic heterocycles. The van der Waals surface area contributed by atoms with Crippen molar-refractivity contribution in [2.24, 2.45) is 5.41 Å². The number of benzene rings is 2. The minimum atomic E-state index is -4.50. The molecule has 2 aromatic carbocycles. The average Bonchev–Trinajstić information content (AvgIpc) is 2.79. The van der Waals surface area contributed by atoms with Gasteiger partial charge in [-0.15, -0.1) is 0 Å². The van der Waals surface area contributed by atoms with Gasteiger partial charge in [-0.2, -0.15) is 13.2 Å². The maximum atomic E-state index is 14.3. The van der Waals surface area contributed by atoms with Crippen molar-refractivity contribution in [2.75, 3.05) is 39.8 Å². The van der Waals surface area contributed by atoms with Gasteiger partial charge in [-0.1, -0.05) is 60.7 Å². The lowest BCUT2D eigenvalue weighted by atomic mass is 9.62. The Morgan fingerprint density at radius 3 is 2.16 bits per heavy atom. The van der Waals surface area contributed by atoms with Gasteiger partial charge in [0.1, 0.15) is 0 Å². The Morgan fingerprint density at radius 1 is 0.968 bits per heavy atom. The Morgan fingerprint density at radius 2 is 1.58 bits per heavy atom. The van der Waals surface area contributed by atoms with Crippen LogP contribution < -0.4 is 5.32 Å². The van der Waals surface area contributed by atoms with Crippen molar-refractivity contribution in [3.63, 3.8) is 0 Å². The van der Waals surface area contributed by atoms with E-state index in [9.17, 15) is 13.2 Å². The van der Waals surface area contributed by atoms with E-state index in [0.717, 1.165) is 32.4 Å². The lowest BCUT2D eigenvalue weighted by Crippen LogP contribution is -2.56. The molecule has 0 saturated carbocycles. The minimum absolute atomic E-state index is 0.143. The summed E-state index contributed by atoms with van der Waals surface area (Å²) in [5.41, 5.74) is -0.682. The summed E-state index contributed by atoms with van der Waals surface area (Å²) in [6.07, 6.45) is -1.63. The molecular formula is C25H31F3N2O. The largest absolute Gasteiger partial charge is 0.422 e. The lowest BCUT2D eigenvalue weighted by Gasteiger charge is -2.51. The number of likely N-dealkylation sites (tertiary alicyclic amines) is 1. The van der Waals surface area contributed by atoms with Crippen LogP contribution >= 0.6 is 0 Å². The molecule has 2 aliphatic rings. The first-order valence-electron chi connectivity index (χ1n) is 11.1. The zero-order valence-corrected chi connectivity index (χ0v) is 18.0. The molecule has 1 N–H and O–H groups in total. The van der Waals surface area contributed by atoms with Crippen LogP contribution in [0.15, 0.2) is 60.7 Å². The van der Waals surface area contributed by atoms with E-state index < -0.39 is 11.8 Å². The normalized spacial score (nSPS) is 24.1. The average molecular weight is 433 g/mol. The molecule has 2 heterocycles. The van der Waals surface area contributed by atoms with Crippen molar-refractivity contribution in [2.45, 2.75) is 37.0 Å². The van der Waals surface area contributed by atoms with Gasteiger partial charge in [0.25, 0.3) is 0 Å². The Kier molecular flexibility index (Phi) is 6.42. The molecule has 2 aromatic rings. The van der Waals surface area contributed by atoms with Gasteiger partial charge < -0.3 is 10.1 Å². The Hall–Kier alpha value is -1.89. The molecule has 0 aliphatic carbocycles. The summed E-state index contributed by atoms with van der Waals surface area (Å²) in [5.74, 6) is 0.397. The molecule has 0 radical (unpaired) electrons. The summed E-state index contributed by atoms with van der Waals surface area (Å²) in [6, 6.07) is 18.6. The summed E-state index contributed by atoms with van der Waals surface area (Å²) < 4.78 is 48.1. The van der Waals surface area contributed by atoms with Crippen LogP contribution in [0.1, 0.15) is 36.3 Å². The van der Waals surface area contributed by atoms with Gasteiger partial charge >= 0.3 is 6.18 Å². The highest BCUT2D eigenvalue weighted by Gasteiger charge is 2.58. The number of nitrogens with zero attached hydrogens (tertiary/aromatic N) is 1. The zero-order chi connectivity index (χ0) is 22.0. The van der Waals surface area contributed by atoms with Gasteiger partial charge in [0, 0.05) is 26.1 Å². The van der Waals surface area contributed by atoms with Crippen molar-refractivity contribution in [3.05, 3.63) is 71.8 Å². The fourth-order valence-corrected chi connectivity index (χ4v) is 5.55. The lowest BCUT2D eigenvalue weighted by molar-refractivity contribution is -0.282. The third-order valence-corrected chi connectivity index (χ3v) is 7.43. The Bertz CT molecular complexity index is 835. The van der Waals surface area contributed by atoms with Gasteiger partial charge in [-0.25, -0.2) is 0 Å². The molecule has 2 atom stereocenters. The van der Waals surface area contributed by atoms with Crippen LogP contribution in [0.25, 0.3) is 0 Å². The van der Waals surface area contributed by atoms with Gasteiger partial charge in [-0.3, -0.25) is 4.90 Å². The van der Waals surface area contributed by atoms with E-state index >= 15 is 0 Å². The highest BCUT2D eigenvalue weighted by molar-refractivity contribution is 5.26. The molecule has 1 spiro atoms. The Balaban J connectivity index is 1.53. The molecule has 0 bridgehead atoms. The van der Waals surface area contributed by atoms with Crippen molar-refractivity contribution in [1.29, 1.82) is 0 Å². The molecule has 1 unspecified atom stereocenters. The monoisotopic (exact) mass is 432 g/mol. The second-order valence-corrected chi connectivity index (χ2v) is 8.95. The van der Waals surface area contributed by atoms with Crippen LogP contribution in [0.3, 0.4) is 0 Å². The number of hydrogen-bond acceptors (Lipinski definition) is 3. The first-order valence-corrected chi connectivity index (χ1v) is 11.1.